The lowest BCUT2D eigenvalue weighted by molar-refractivity contribution is -0.123. The third-order valence-corrected chi connectivity index (χ3v) is 6.68. The van der Waals surface area contributed by atoms with E-state index < -0.39 is 0 Å². The van der Waals surface area contributed by atoms with Gasteiger partial charge in [-0.1, -0.05) is 46.8 Å². The Hall–Kier alpha value is -1.35. The SMILES string of the molecule is C=CCOc1c(Br)cc(/C=C2\SC(=O)N(Cc3ccccc3Br)C2=O)cc1Br. The van der Waals surface area contributed by atoms with Gasteiger partial charge in [-0.05, 0) is 79.0 Å². The maximum Gasteiger partial charge on any atom is 0.293 e. The van der Waals surface area contributed by atoms with Gasteiger partial charge in [0.15, 0.2) is 0 Å². The highest BCUT2D eigenvalue weighted by atomic mass is 79.9. The van der Waals surface area contributed by atoms with Crippen molar-refractivity contribution < 1.29 is 14.3 Å². The fourth-order valence-corrected chi connectivity index (χ4v) is 5.23. The predicted octanol–water partition coefficient (Wildman–Crippen LogP) is 6.78. The van der Waals surface area contributed by atoms with Gasteiger partial charge in [-0.25, -0.2) is 0 Å². The summed E-state index contributed by atoms with van der Waals surface area (Å²) in [6.07, 6.45) is 3.37. The minimum absolute atomic E-state index is 0.227. The molecule has 0 atom stereocenters. The molecular formula is C20H14Br3NO3S. The van der Waals surface area contributed by atoms with Gasteiger partial charge in [-0.2, -0.15) is 0 Å². The largest absolute Gasteiger partial charge is 0.487 e. The highest BCUT2D eigenvalue weighted by Gasteiger charge is 2.35. The number of carbonyl (C=O) groups excluding carboxylic acids is 2. The first-order valence-corrected chi connectivity index (χ1v) is 11.3. The van der Waals surface area contributed by atoms with E-state index in [2.05, 4.69) is 54.4 Å². The zero-order valence-electron chi connectivity index (χ0n) is 14.5. The molecule has 0 aromatic heterocycles. The van der Waals surface area contributed by atoms with Crippen LogP contribution < -0.4 is 4.74 Å². The number of carbonyl (C=O) groups is 2. The van der Waals surface area contributed by atoms with Crippen LogP contribution in [0.25, 0.3) is 6.08 Å². The first-order chi connectivity index (χ1) is 13.4. The van der Waals surface area contributed by atoms with Crippen LogP contribution in [0.15, 0.2) is 67.4 Å². The van der Waals surface area contributed by atoms with Crippen molar-refractivity contribution in [3.8, 4) is 5.75 Å². The fourth-order valence-electron chi connectivity index (χ4n) is 2.53. The van der Waals surface area contributed by atoms with Gasteiger partial charge >= 0.3 is 0 Å². The van der Waals surface area contributed by atoms with Gasteiger partial charge in [0.05, 0.1) is 20.4 Å². The Morgan fingerprint density at radius 3 is 2.39 bits per heavy atom. The number of ether oxygens (including phenoxy) is 1. The van der Waals surface area contributed by atoms with Crippen LogP contribution in [0.4, 0.5) is 4.79 Å². The summed E-state index contributed by atoms with van der Waals surface area (Å²) >= 11 is 11.3. The van der Waals surface area contributed by atoms with Gasteiger partial charge < -0.3 is 4.74 Å². The lowest BCUT2D eigenvalue weighted by Gasteiger charge is -2.13. The molecule has 1 aliphatic rings. The van der Waals surface area contributed by atoms with Crippen LogP contribution in [-0.4, -0.2) is 22.7 Å². The van der Waals surface area contributed by atoms with E-state index in [4.69, 9.17) is 4.74 Å². The third kappa shape index (κ3) is 4.79. The lowest BCUT2D eigenvalue weighted by atomic mass is 10.2. The van der Waals surface area contributed by atoms with Crippen molar-refractivity contribution in [1.82, 2.24) is 4.90 Å². The number of thioether (sulfide) groups is 1. The zero-order chi connectivity index (χ0) is 20.3. The molecule has 4 nitrogen and oxygen atoms in total. The highest BCUT2D eigenvalue weighted by molar-refractivity contribution is 9.11. The molecule has 1 fully saturated rings. The number of benzene rings is 2. The Balaban J connectivity index is 1.83. The van der Waals surface area contributed by atoms with Crippen molar-refractivity contribution in [2.24, 2.45) is 0 Å². The second-order valence-corrected chi connectivity index (χ2v) is 9.33. The van der Waals surface area contributed by atoms with Crippen molar-refractivity contribution in [2.75, 3.05) is 6.61 Å². The molecule has 144 valence electrons. The Labute approximate surface area is 192 Å². The quantitative estimate of drug-likeness (QED) is 0.276. The number of imide groups is 1. The summed E-state index contributed by atoms with van der Waals surface area (Å²) in [5.41, 5.74) is 1.65. The second-order valence-electron chi connectivity index (χ2n) is 5.77. The Bertz CT molecular complexity index is 967. The van der Waals surface area contributed by atoms with Crippen LogP contribution in [0.5, 0.6) is 5.75 Å². The molecular weight excluding hydrogens is 574 g/mol. The van der Waals surface area contributed by atoms with Crippen LogP contribution in [0.2, 0.25) is 0 Å². The van der Waals surface area contributed by atoms with E-state index in [9.17, 15) is 9.59 Å². The van der Waals surface area contributed by atoms with E-state index in [-0.39, 0.29) is 17.7 Å². The third-order valence-electron chi connectivity index (χ3n) is 3.82. The zero-order valence-corrected chi connectivity index (χ0v) is 20.0. The monoisotopic (exact) mass is 585 g/mol. The van der Waals surface area contributed by atoms with Gasteiger partial charge in [0.1, 0.15) is 12.4 Å². The van der Waals surface area contributed by atoms with Crippen LogP contribution in [0.1, 0.15) is 11.1 Å². The maximum absolute atomic E-state index is 12.8. The molecule has 3 rings (SSSR count). The second kappa shape index (κ2) is 9.43. The number of hydrogen-bond donors (Lipinski definition) is 0. The van der Waals surface area contributed by atoms with Crippen LogP contribution in [0.3, 0.4) is 0 Å². The first-order valence-electron chi connectivity index (χ1n) is 8.12. The van der Waals surface area contributed by atoms with E-state index >= 15 is 0 Å². The molecule has 0 spiro atoms. The average molecular weight is 588 g/mol. The molecule has 0 aliphatic carbocycles. The lowest BCUT2D eigenvalue weighted by Crippen LogP contribution is -2.27. The van der Waals surface area contributed by atoms with E-state index in [1.165, 1.54) is 4.90 Å². The van der Waals surface area contributed by atoms with Crippen molar-refractivity contribution >= 4 is 76.8 Å². The van der Waals surface area contributed by atoms with Gasteiger partial charge in [0.2, 0.25) is 0 Å². The van der Waals surface area contributed by atoms with Gasteiger partial charge in [0, 0.05) is 4.47 Å². The molecule has 0 bridgehead atoms. The normalized spacial score (nSPS) is 15.4. The van der Waals surface area contributed by atoms with Crippen LogP contribution >= 0.6 is 59.6 Å². The Morgan fingerprint density at radius 1 is 1.07 bits per heavy atom. The molecule has 2 aromatic rings. The van der Waals surface area contributed by atoms with Crippen molar-refractivity contribution in [3.63, 3.8) is 0 Å². The molecule has 2 aromatic carbocycles. The summed E-state index contributed by atoms with van der Waals surface area (Å²) in [5, 5.41) is -0.281. The average Bonchev–Trinajstić information content (AvgIpc) is 2.90. The summed E-state index contributed by atoms with van der Waals surface area (Å²) < 4.78 is 7.94. The fraction of sp³-hybridized carbons (Fsp3) is 0.100. The number of hydrogen-bond acceptors (Lipinski definition) is 4. The molecule has 8 heteroatoms. The summed E-state index contributed by atoms with van der Waals surface area (Å²) in [4.78, 5) is 26.8. The minimum atomic E-state index is -0.301. The van der Waals surface area contributed by atoms with Crippen molar-refractivity contribution in [2.45, 2.75) is 6.54 Å². The van der Waals surface area contributed by atoms with Crippen LogP contribution in [-0.2, 0) is 11.3 Å². The van der Waals surface area contributed by atoms with E-state index in [1.807, 2.05) is 36.4 Å². The molecule has 2 amide bonds. The van der Waals surface area contributed by atoms with Crippen molar-refractivity contribution in [3.05, 3.63) is 78.5 Å². The summed E-state index contributed by atoms with van der Waals surface area (Å²) in [5.74, 6) is 0.351. The highest BCUT2D eigenvalue weighted by Crippen LogP contribution is 2.38. The first kappa shape index (κ1) is 21.4. The number of rotatable bonds is 6. The molecule has 1 aliphatic heterocycles. The predicted molar refractivity (Wildman–Crippen MR) is 123 cm³/mol. The van der Waals surface area contributed by atoms with E-state index in [0.29, 0.717) is 17.3 Å². The molecule has 0 N–H and O–H groups in total. The summed E-state index contributed by atoms with van der Waals surface area (Å²) in [6.45, 7) is 4.24. The standard InChI is InChI=1S/C20H14Br3NO3S/c1-2-7-27-18-15(22)8-12(9-16(18)23)10-17-19(25)24(20(26)28-17)11-13-5-3-4-6-14(13)21/h2-6,8-10H,1,7,11H2/b17-10-. The Kier molecular flexibility index (Phi) is 7.20. The minimum Gasteiger partial charge on any atom is -0.487 e. The molecule has 0 saturated carbocycles. The summed E-state index contributed by atoms with van der Waals surface area (Å²) in [7, 11) is 0. The molecule has 0 unspecified atom stereocenters. The molecule has 0 radical (unpaired) electrons. The van der Waals surface area contributed by atoms with Crippen LogP contribution in [0, 0.1) is 0 Å². The number of nitrogens with zero attached hydrogens (tertiary/aromatic N) is 1. The van der Waals surface area contributed by atoms with E-state index in [1.54, 1.807) is 12.2 Å². The Morgan fingerprint density at radius 2 is 1.75 bits per heavy atom. The smallest absolute Gasteiger partial charge is 0.293 e. The number of halogens is 3. The van der Waals surface area contributed by atoms with Gasteiger partial charge in [-0.3, -0.25) is 14.5 Å². The number of amides is 2. The summed E-state index contributed by atoms with van der Waals surface area (Å²) in [6, 6.07) is 11.2. The topological polar surface area (TPSA) is 46.6 Å². The van der Waals surface area contributed by atoms with Crippen molar-refractivity contribution in [1.29, 1.82) is 0 Å². The molecule has 1 saturated heterocycles. The van der Waals surface area contributed by atoms with Gasteiger partial charge in [-0.15, -0.1) is 0 Å². The molecule has 28 heavy (non-hydrogen) atoms. The van der Waals surface area contributed by atoms with Gasteiger partial charge in [0.25, 0.3) is 11.1 Å². The van der Waals surface area contributed by atoms with E-state index in [0.717, 1.165) is 36.3 Å². The maximum atomic E-state index is 12.8. The molecule has 1 heterocycles.